The largest absolute Gasteiger partial charge is 0.480 e. The number of carboxylic acid groups (broad SMARTS) is 1. The van der Waals surface area contributed by atoms with Crippen molar-refractivity contribution in [2.75, 3.05) is 0 Å². The van der Waals surface area contributed by atoms with Gasteiger partial charge in [-0.3, -0.25) is 14.8 Å². The second-order valence-corrected chi connectivity index (χ2v) is 8.73. The second kappa shape index (κ2) is 9.50. The number of hydrogen-bond acceptors (Lipinski definition) is 4. The van der Waals surface area contributed by atoms with Crippen LogP contribution < -0.4 is 5.32 Å². The maximum Gasteiger partial charge on any atom is 0.326 e. The molecule has 2 aromatic carbocycles. The number of fused-ring (bicyclic) bond motifs is 2. The Balaban J connectivity index is 1.50. The van der Waals surface area contributed by atoms with Gasteiger partial charge in [0.15, 0.2) is 0 Å². The van der Waals surface area contributed by atoms with Crippen LogP contribution in [0.15, 0.2) is 79.1 Å². The molecular weight excluding hydrogens is 483 g/mol. The van der Waals surface area contributed by atoms with Gasteiger partial charge >= 0.3 is 5.97 Å². The summed E-state index contributed by atoms with van der Waals surface area (Å²) in [6, 6.07) is 13.5. The maximum atomic E-state index is 16.5. The molecule has 37 heavy (non-hydrogen) atoms. The summed E-state index contributed by atoms with van der Waals surface area (Å²) in [5.41, 5.74) is -0.576. The minimum atomic E-state index is -2.23. The molecule has 2 N–H and O–H groups in total. The van der Waals surface area contributed by atoms with E-state index in [1.807, 2.05) is 30.3 Å². The third kappa shape index (κ3) is 4.44. The highest BCUT2D eigenvalue weighted by molar-refractivity contribution is 5.97. The molecule has 0 saturated carbocycles. The van der Waals surface area contributed by atoms with Crippen LogP contribution in [0.25, 0.3) is 16.5 Å². The van der Waals surface area contributed by atoms with E-state index in [-0.39, 0.29) is 12.0 Å². The molecule has 0 aliphatic heterocycles. The van der Waals surface area contributed by atoms with Gasteiger partial charge in [-0.1, -0.05) is 42.5 Å². The van der Waals surface area contributed by atoms with Crippen molar-refractivity contribution in [3.63, 3.8) is 0 Å². The third-order valence-electron chi connectivity index (χ3n) is 6.42. The summed E-state index contributed by atoms with van der Waals surface area (Å²) < 4.78 is 44.6. The number of para-hydroxylation sites is 1. The topological polar surface area (TPSA) is 92.2 Å². The lowest BCUT2D eigenvalue weighted by atomic mass is 9.78. The number of aliphatic carboxylic acids is 1. The van der Waals surface area contributed by atoms with Crippen LogP contribution in [-0.2, 0) is 10.5 Å². The molecule has 9 heteroatoms. The van der Waals surface area contributed by atoms with Crippen LogP contribution in [0.2, 0.25) is 0 Å². The number of allylic oxidation sites excluding steroid dienone is 1. The standard InChI is InChI=1S/C28H20F3N3O3/c29-20-9-2-10-21(30)23(20)26(35)34-22(27(36)37)15-28(31)12-11-18(25-19(28)8-4-14-33-25)17-7-1-5-16-6-3-13-32-24(16)17/h1-11,13-14,22H,12,15H2,(H,34,35)(H,36,37). The van der Waals surface area contributed by atoms with Gasteiger partial charge < -0.3 is 10.4 Å². The Morgan fingerprint density at radius 2 is 1.65 bits per heavy atom. The third-order valence-corrected chi connectivity index (χ3v) is 6.42. The van der Waals surface area contributed by atoms with E-state index in [0.717, 1.165) is 29.1 Å². The first-order valence-corrected chi connectivity index (χ1v) is 11.5. The smallest absolute Gasteiger partial charge is 0.326 e. The van der Waals surface area contributed by atoms with Crippen molar-refractivity contribution in [3.8, 4) is 0 Å². The fourth-order valence-corrected chi connectivity index (χ4v) is 4.67. The average molecular weight is 503 g/mol. The summed E-state index contributed by atoms with van der Waals surface area (Å²) in [5, 5.41) is 12.7. The number of carboxylic acids is 1. The normalized spacial score (nSPS) is 17.5. The summed E-state index contributed by atoms with van der Waals surface area (Å²) in [7, 11) is 0. The first-order chi connectivity index (χ1) is 17.8. The van der Waals surface area contributed by atoms with Crippen LogP contribution in [0.5, 0.6) is 0 Å². The highest BCUT2D eigenvalue weighted by Gasteiger charge is 2.42. The SMILES string of the molecule is O=C(NC(CC1(F)CC=C(c2cccc3cccnc23)c2ncccc21)C(=O)O)c1c(F)cccc1F. The van der Waals surface area contributed by atoms with Gasteiger partial charge in [-0.15, -0.1) is 0 Å². The van der Waals surface area contributed by atoms with Crippen LogP contribution >= 0.6 is 0 Å². The van der Waals surface area contributed by atoms with Crippen molar-refractivity contribution in [1.29, 1.82) is 0 Å². The number of amides is 1. The molecule has 1 aliphatic carbocycles. The Hall–Kier alpha value is -4.53. The Kier molecular flexibility index (Phi) is 6.20. The number of nitrogens with one attached hydrogen (secondary N) is 1. The summed E-state index contributed by atoms with van der Waals surface area (Å²) in [5.74, 6) is -5.13. The number of rotatable bonds is 6. The van der Waals surface area contributed by atoms with Crippen LogP contribution in [0, 0.1) is 11.6 Å². The molecule has 2 atom stereocenters. The summed E-state index contributed by atoms with van der Waals surface area (Å²) in [6.07, 6.45) is 3.91. The average Bonchev–Trinajstić information content (AvgIpc) is 2.88. The number of halogens is 3. The van der Waals surface area contributed by atoms with E-state index >= 15 is 4.39 Å². The zero-order chi connectivity index (χ0) is 26.2. The maximum absolute atomic E-state index is 16.5. The molecule has 4 aromatic rings. The van der Waals surface area contributed by atoms with E-state index < -0.39 is 47.2 Å². The van der Waals surface area contributed by atoms with E-state index in [2.05, 4.69) is 15.3 Å². The number of carbonyl (C=O) groups excluding carboxylic acids is 1. The predicted molar refractivity (Wildman–Crippen MR) is 130 cm³/mol. The van der Waals surface area contributed by atoms with Gasteiger partial charge in [0, 0.05) is 47.3 Å². The van der Waals surface area contributed by atoms with Crippen molar-refractivity contribution >= 4 is 28.4 Å². The molecular formula is C28H20F3N3O3. The Bertz CT molecular complexity index is 1550. The number of pyridine rings is 2. The summed E-state index contributed by atoms with van der Waals surface area (Å²) in [6.45, 7) is 0. The highest BCUT2D eigenvalue weighted by Crippen LogP contribution is 2.45. The molecule has 0 bridgehead atoms. The lowest BCUT2D eigenvalue weighted by Crippen LogP contribution is -2.45. The number of benzene rings is 2. The van der Waals surface area contributed by atoms with Crippen molar-refractivity contribution in [3.05, 3.63) is 113 Å². The van der Waals surface area contributed by atoms with E-state index in [9.17, 15) is 23.5 Å². The monoisotopic (exact) mass is 503 g/mol. The molecule has 5 rings (SSSR count). The zero-order valence-corrected chi connectivity index (χ0v) is 19.3. The van der Waals surface area contributed by atoms with Crippen LogP contribution in [0.4, 0.5) is 13.2 Å². The molecule has 2 aromatic heterocycles. The predicted octanol–water partition coefficient (Wildman–Crippen LogP) is 5.18. The van der Waals surface area contributed by atoms with Crippen molar-refractivity contribution in [2.45, 2.75) is 24.6 Å². The minimum absolute atomic E-state index is 0.151. The first kappa shape index (κ1) is 24.2. The van der Waals surface area contributed by atoms with Crippen molar-refractivity contribution in [1.82, 2.24) is 15.3 Å². The quantitative estimate of drug-likeness (QED) is 0.378. The molecule has 6 nitrogen and oxygen atoms in total. The van der Waals surface area contributed by atoms with Crippen LogP contribution in [-0.4, -0.2) is 33.0 Å². The van der Waals surface area contributed by atoms with Crippen LogP contribution in [0.3, 0.4) is 0 Å². The Labute approximate surface area is 209 Å². The summed E-state index contributed by atoms with van der Waals surface area (Å²) in [4.78, 5) is 33.4. The van der Waals surface area contributed by atoms with Crippen molar-refractivity contribution in [2.24, 2.45) is 0 Å². The number of nitrogens with zero attached hydrogens (tertiary/aromatic N) is 2. The number of alkyl halides is 1. The van der Waals surface area contributed by atoms with Gasteiger partial charge in [-0.05, 0) is 24.3 Å². The van der Waals surface area contributed by atoms with Gasteiger partial charge in [0.05, 0.1) is 11.2 Å². The first-order valence-electron chi connectivity index (χ1n) is 11.5. The fourth-order valence-electron chi connectivity index (χ4n) is 4.67. The molecule has 1 aliphatic rings. The molecule has 0 radical (unpaired) electrons. The second-order valence-electron chi connectivity index (χ2n) is 8.73. The fraction of sp³-hybridized carbons (Fsp3) is 0.143. The van der Waals surface area contributed by atoms with Gasteiger partial charge in [0.1, 0.15) is 28.9 Å². The number of aromatic nitrogens is 2. The highest BCUT2D eigenvalue weighted by atomic mass is 19.1. The summed E-state index contributed by atoms with van der Waals surface area (Å²) >= 11 is 0. The lowest BCUT2D eigenvalue weighted by molar-refractivity contribution is -0.140. The van der Waals surface area contributed by atoms with Crippen molar-refractivity contribution < 1.29 is 27.9 Å². The van der Waals surface area contributed by atoms with E-state index in [4.69, 9.17) is 0 Å². The van der Waals surface area contributed by atoms with Gasteiger partial charge in [0.2, 0.25) is 0 Å². The zero-order valence-electron chi connectivity index (χ0n) is 19.3. The number of hydrogen-bond donors (Lipinski definition) is 2. The van der Waals surface area contributed by atoms with Crippen LogP contribution in [0.1, 0.15) is 40.0 Å². The number of carbonyl (C=O) groups is 2. The van der Waals surface area contributed by atoms with E-state index in [0.29, 0.717) is 16.8 Å². The Morgan fingerprint density at radius 1 is 0.973 bits per heavy atom. The lowest BCUT2D eigenvalue weighted by Gasteiger charge is -2.33. The molecule has 2 heterocycles. The molecule has 186 valence electrons. The molecule has 0 saturated heterocycles. The van der Waals surface area contributed by atoms with Gasteiger partial charge in [-0.2, -0.15) is 0 Å². The minimum Gasteiger partial charge on any atom is -0.480 e. The van der Waals surface area contributed by atoms with Gasteiger partial charge in [0.25, 0.3) is 5.91 Å². The molecule has 0 fully saturated rings. The van der Waals surface area contributed by atoms with E-state index in [1.165, 1.54) is 12.3 Å². The van der Waals surface area contributed by atoms with E-state index in [1.54, 1.807) is 18.3 Å². The molecule has 2 unspecified atom stereocenters. The van der Waals surface area contributed by atoms with Gasteiger partial charge in [-0.25, -0.2) is 18.0 Å². The molecule has 1 amide bonds. The Morgan fingerprint density at radius 3 is 2.41 bits per heavy atom. The molecule has 0 spiro atoms.